The molecular formula is C27H22FN2O2S+. The van der Waals surface area contributed by atoms with Crippen molar-refractivity contribution in [3.8, 4) is 0 Å². The summed E-state index contributed by atoms with van der Waals surface area (Å²) in [4.78, 5) is 14.5. The number of rotatable bonds is 5. The molecule has 1 aromatic heterocycles. The first kappa shape index (κ1) is 21.2. The molecule has 0 saturated carbocycles. The summed E-state index contributed by atoms with van der Waals surface area (Å²) >= 11 is 1.57. The topological polar surface area (TPSA) is 44.4 Å². The summed E-state index contributed by atoms with van der Waals surface area (Å²) in [7, 11) is 0. The Morgan fingerprint density at radius 2 is 1.91 bits per heavy atom. The van der Waals surface area contributed by atoms with E-state index in [1.165, 1.54) is 6.07 Å². The Morgan fingerprint density at radius 1 is 1.09 bits per heavy atom. The quantitative estimate of drug-likeness (QED) is 0.374. The Hall–Kier alpha value is -3.64. The van der Waals surface area contributed by atoms with Gasteiger partial charge in [-0.25, -0.2) is 0 Å². The van der Waals surface area contributed by atoms with Crippen LogP contribution in [0.15, 0.2) is 88.9 Å². The number of pyridine rings is 1. The fourth-order valence-electron chi connectivity index (χ4n) is 4.27. The van der Waals surface area contributed by atoms with Crippen LogP contribution in [0.5, 0.6) is 0 Å². The van der Waals surface area contributed by atoms with Gasteiger partial charge in [-0.1, -0.05) is 60.3 Å². The number of fused-ring (bicyclic) bond motifs is 4. The van der Waals surface area contributed by atoms with E-state index in [4.69, 9.17) is 0 Å². The molecule has 1 aliphatic rings. The first-order chi connectivity index (χ1) is 16.1. The van der Waals surface area contributed by atoms with E-state index >= 15 is 0 Å². The van der Waals surface area contributed by atoms with Crippen molar-refractivity contribution in [3.63, 3.8) is 0 Å². The zero-order chi connectivity index (χ0) is 22.9. The minimum Gasteiger partial charge on any atom is -0.480 e. The van der Waals surface area contributed by atoms with E-state index in [-0.39, 0.29) is 12.4 Å². The van der Waals surface area contributed by atoms with Crippen molar-refractivity contribution in [1.82, 2.24) is 0 Å². The first-order valence-corrected chi connectivity index (χ1v) is 11.6. The van der Waals surface area contributed by atoms with Gasteiger partial charge in [0.2, 0.25) is 5.52 Å². The summed E-state index contributed by atoms with van der Waals surface area (Å²) in [5, 5.41) is 13.4. The van der Waals surface area contributed by atoms with Crippen LogP contribution in [-0.2, 0) is 11.3 Å². The van der Waals surface area contributed by atoms with E-state index in [1.807, 2.05) is 77.2 Å². The third kappa shape index (κ3) is 3.87. The normalized spacial score (nSPS) is 14.6. The number of nitrogens with zero attached hydrogens (tertiary/aromatic N) is 2. The van der Waals surface area contributed by atoms with Crippen LogP contribution >= 0.6 is 11.8 Å². The Labute approximate surface area is 195 Å². The van der Waals surface area contributed by atoms with Gasteiger partial charge in [-0.05, 0) is 47.5 Å². The Morgan fingerprint density at radius 3 is 2.73 bits per heavy atom. The summed E-state index contributed by atoms with van der Waals surface area (Å²) in [6.45, 7) is 2.55. The number of benzene rings is 3. The molecule has 1 aliphatic heterocycles. The third-order valence-electron chi connectivity index (χ3n) is 5.79. The summed E-state index contributed by atoms with van der Waals surface area (Å²) in [5.41, 5.74) is 2.38. The van der Waals surface area contributed by atoms with Gasteiger partial charge in [0, 0.05) is 11.0 Å². The number of carbonyl (C=O) groups is 1. The fraction of sp³-hybridized carbons (Fsp3) is 0.111. The highest BCUT2D eigenvalue weighted by Crippen LogP contribution is 2.49. The van der Waals surface area contributed by atoms with Crippen molar-refractivity contribution in [2.45, 2.75) is 18.4 Å². The lowest BCUT2D eigenvalue weighted by Gasteiger charge is -2.17. The molecule has 164 valence electrons. The number of aromatic nitrogens is 1. The third-order valence-corrected chi connectivity index (χ3v) is 6.99. The summed E-state index contributed by atoms with van der Waals surface area (Å²) in [5.74, 6) is -1.13. The lowest BCUT2D eigenvalue weighted by atomic mass is 10.1. The molecule has 0 fully saturated rings. The standard InChI is InChI=1S/C27H21FN2O2S/c1-2-29-16-15-19(20-10-6-11-22(28)26(20)29)8-5-12-24-30(17-25(31)32)23-14-13-18-7-3-4-9-21(18)27(23)33-24/h3-16H,2,17H2,1H3/p+1. The van der Waals surface area contributed by atoms with Gasteiger partial charge in [-0.15, -0.1) is 0 Å². The lowest BCUT2D eigenvalue weighted by Crippen LogP contribution is -2.33. The molecule has 0 unspecified atom stereocenters. The number of carboxylic acids is 1. The molecule has 33 heavy (non-hydrogen) atoms. The van der Waals surface area contributed by atoms with Gasteiger partial charge in [0.25, 0.3) is 0 Å². The number of carboxylic acid groups (broad SMARTS) is 1. The SMILES string of the molecule is CC[n+]1ccc(/C=C/C=C2\Sc3c(ccc4ccccc34)N2CC(=O)O)c2cccc(F)c21. The average Bonchev–Trinajstić information content (AvgIpc) is 3.16. The van der Waals surface area contributed by atoms with E-state index in [9.17, 15) is 14.3 Å². The number of hydrogen-bond acceptors (Lipinski definition) is 3. The van der Waals surface area contributed by atoms with Gasteiger partial charge in [0.05, 0.1) is 16.1 Å². The molecule has 0 spiro atoms. The highest BCUT2D eigenvalue weighted by molar-refractivity contribution is 8.04. The molecular weight excluding hydrogens is 435 g/mol. The van der Waals surface area contributed by atoms with E-state index in [0.29, 0.717) is 12.1 Å². The van der Waals surface area contributed by atoms with Gasteiger partial charge in [0.15, 0.2) is 12.0 Å². The van der Waals surface area contributed by atoms with Crippen LogP contribution in [-0.4, -0.2) is 17.6 Å². The molecule has 2 heterocycles. The summed E-state index contributed by atoms with van der Waals surface area (Å²) in [6, 6.07) is 19.2. The van der Waals surface area contributed by atoms with Crippen LogP contribution in [0.1, 0.15) is 12.5 Å². The maximum Gasteiger partial charge on any atom is 0.323 e. The molecule has 0 amide bonds. The van der Waals surface area contributed by atoms with Gasteiger partial charge < -0.3 is 10.0 Å². The maximum atomic E-state index is 14.5. The Bertz CT molecular complexity index is 1460. The van der Waals surface area contributed by atoms with E-state index < -0.39 is 5.97 Å². The van der Waals surface area contributed by atoms with Crippen molar-refractivity contribution in [3.05, 3.63) is 95.4 Å². The van der Waals surface area contributed by atoms with Gasteiger partial charge in [-0.2, -0.15) is 8.96 Å². The molecule has 3 aromatic carbocycles. The zero-order valence-corrected chi connectivity index (χ0v) is 18.8. The molecule has 1 N–H and O–H groups in total. The lowest BCUT2D eigenvalue weighted by molar-refractivity contribution is -0.668. The minimum atomic E-state index is -0.889. The zero-order valence-electron chi connectivity index (χ0n) is 18.0. The number of aliphatic carboxylic acids is 1. The van der Waals surface area contributed by atoms with Crippen LogP contribution in [0.3, 0.4) is 0 Å². The molecule has 0 atom stereocenters. The average molecular weight is 458 g/mol. The Balaban J connectivity index is 1.54. The molecule has 5 rings (SSSR count). The number of thioether (sulfide) groups is 1. The second-order valence-electron chi connectivity index (χ2n) is 7.77. The second-order valence-corrected chi connectivity index (χ2v) is 8.80. The van der Waals surface area contributed by atoms with Crippen molar-refractivity contribution >= 4 is 51.2 Å². The van der Waals surface area contributed by atoms with Crippen LogP contribution in [0, 0.1) is 5.82 Å². The molecule has 0 bridgehead atoms. The van der Waals surface area contributed by atoms with Crippen molar-refractivity contribution in [2.75, 3.05) is 11.4 Å². The van der Waals surface area contributed by atoms with Crippen LogP contribution in [0.4, 0.5) is 10.1 Å². The molecule has 4 aromatic rings. The van der Waals surface area contributed by atoms with Gasteiger partial charge in [0.1, 0.15) is 13.1 Å². The number of halogens is 1. The molecule has 6 heteroatoms. The van der Waals surface area contributed by atoms with Gasteiger partial charge in [-0.3, -0.25) is 4.79 Å². The number of anilines is 1. The van der Waals surface area contributed by atoms with Crippen LogP contribution < -0.4 is 9.47 Å². The first-order valence-electron chi connectivity index (χ1n) is 10.7. The highest BCUT2D eigenvalue weighted by Gasteiger charge is 2.28. The largest absolute Gasteiger partial charge is 0.480 e. The van der Waals surface area contributed by atoms with E-state index in [0.717, 1.165) is 37.3 Å². The molecule has 4 nitrogen and oxygen atoms in total. The van der Waals surface area contributed by atoms with Crippen LogP contribution in [0.2, 0.25) is 0 Å². The summed E-state index contributed by atoms with van der Waals surface area (Å²) < 4.78 is 16.4. The van der Waals surface area contributed by atoms with Gasteiger partial charge >= 0.3 is 5.97 Å². The fourth-order valence-corrected chi connectivity index (χ4v) is 5.48. The highest BCUT2D eigenvalue weighted by atomic mass is 32.2. The molecule has 0 radical (unpaired) electrons. The summed E-state index contributed by atoms with van der Waals surface area (Å²) in [6.07, 6.45) is 7.66. The number of aryl methyl sites for hydroxylation is 1. The monoisotopic (exact) mass is 457 g/mol. The minimum absolute atomic E-state index is 0.117. The predicted molar refractivity (Wildman–Crippen MR) is 132 cm³/mol. The number of hydrogen-bond donors (Lipinski definition) is 1. The smallest absolute Gasteiger partial charge is 0.323 e. The number of allylic oxidation sites excluding steroid dienone is 2. The van der Waals surface area contributed by atoms with Crippen molar-refractivity contribution in [1.29, 1.82) is 0 Å². The predicted octanol–water partition coefficient (Wildman–Crippen LogP) is 5.99. The maximum absolute atomic E-state index is 14.5. The number of para-hydroxylation sites is 1. The van der Waals surface area contributed by atoms with E-state index in [1.54, 1.807) is 17.8 Å². The Kier molecular flexibility index (Phi) is 5.60. The molecule has 0 saturated heterocycles. The van der Waals surface area contributed by atoms with Crippen molar-refractivity contribution in [2.24, 2.45) is 0 Å². The van der Waals surface area contributed by atoms with E-state index in [2.05, 4.69) is 12.1 Å². The second kappa shape index (κ2) is 8.71. The molecule has 0 aliphatic carbocycles. The van der Waals surface area contributed by atoms with Crippen LogP contribution in [0.25, 0.3) is 27.8 Å². The van der Waals surface area contributed by atoms with Crippen molar-refractivity contribution < 1.29 is 18.9 Å².